The molecule has 0 unspecified atom stereocenters. The number of nitrogens with zero attached hydrogens (tertiary/aromatic N) is 3. The number of halogens is 3. The molecule has 0 saturated carbocycles. The summed E-state index contributed by atoms with van der Waals surface area (Å²) >= 11 is 7.23. The Hall–Kier alpha value is -1.38. The Morgan fingerprint density at radius 3 is 2.81 bits per heavy atom. The summed E-state index contributed by atoms with van der Waals surface area (Å²) in [4.78, 5) is 0. The highest BCUT2D eigenvalue weighted by Crippen LogP contribution is 2.30. The Kier molecular flexibility index (Phi) is 5.38. The zero-order valence-electron chi connectivity index (χ0n) is 11.1. The Labute approximate surface area is 129 Å². The van der Waals surface area contributed by atoms with Crippen molar-refractivity contribution in [1.82, 2.24) is 14.8 Å². The molecule has 2 rings (SSSR count). The van der Waals surface area contributed by atoms with Crippen molar-refractivity contribution in [2.45, 2.75) is 24.1 Å². The largest absolute Gasteiger partial charge is 0.435 e. The number of rotatable bonds is 6. The Bertz CT molecular complexity index is 623. The molecule has 0 aliphatic heterocycles. The van der Waals surface area contributed by atoms with Crippen molar-refractivity contribution in [3.05, 3.63) is 34.6 Å². The lowest BCUT2D eigenvalue weighted by atomic mass is 10.2. The van der Waals surface area contributed by atoms with Gasteiger partial charge in [0.15, 0.2) is 5.16 Å². The van der Waals surface area contributed by atoms with Crippen LogP contribution in [0.1, 0.15) is 11.4 Å². The first-order chi connectivity index (χ1) is 10.0. The number of hydrogen-bond acceptors (Lipinski definition) is 5. The Morgan fingerprint density at radius 1 is 1.43 bits per heavy atom. The molecule has 1 aromatic heterocycles. The second-order valence-corrected chi connectivity index (χ2v) is 5.46. The smallest absolute Gasteiger partial charge is 0.387 e. The molecule has 0 aliphatic rings. The van der Waals surface area contributed by atoms with Gasteiger partial charge < -0.3 is 15.0 Å². The predicted molar refractivity (Wildman–Crippen MR) is 76.5 cm³/mol. The zero-order chi connectivity index (χ0) is 15.4. The van der Waals surface area contributed by atoms with Crippen LogP contribution in [-0.2, 0) is 19.3 Å². The van der Waals surface area contributed by atoms with Gasteiger partial charge in [0, 0.05) is 23.4 Å². The lowest BCUT2D eigenvalue weighted by molar-refractivity contribution is -0.0503. The highest BCUT2D eigenvalue weighted by molar-refractivity contribution is 7.98. The van der Waals surface area contributed by atoms with Crippen LogP contribution < -0.4 is 10.5 Å². The summed E-state index contributed by atoms with van der Waals surface area (Å²) < 4.78 is 31.0. The molecule has 0 spiro atoms. The molecule has 1 heterocycles. The molecule has 0 amide bonds. The van der Waals surface area contributed by atoms with E-state index >= 15 is 0 Å². The minimum Gasteiger partial charge on any atom is -0.435 e. The van der Waals surface area contributed by atoms with Gasteiger partial charge in [0.25, 0.3) is 0 Å². The van der Waals surface area contributed by atoms with Gasteiger partial charge in [-0.05, 0) is 18.2 Å². The van der Waals surface area contributed by atoms with Crippen LogP contribution in [0.15, 0.2) is 23.4 Å². The van der Waals surface area contributed by atoms with Crippen LogP contribution in [0.4, 0.5) is 8.78 Å². The highest BCUT2D eigenvalue weighted by Gasteiger charge is 2.13. The van der Waals surface area contributed by atoms with Gasteiger partial charge >= 0.3 is 6.61 Å². The van der Waals surface area contributed by atoms with Crippen molar-refractivity contribution < 1.29 is 13.5 Å². The molecular weight excluding hydrogens is 322 g/mol. The molecule has 0 aliphatic carbocycles. The van der Waals surface area contributed by atoms with Gasteiger partial charge in [-0.25, -0.2) is 0 Å². The fourth-order valence-corrected chi connectivity index (χ4v) is 2.77. The molecular formula is C12H13ClF2N4OS. The van der Waals surface area contributed by atoms with Gasteiger partial charge in [-0.1, -0.05) is 23.4 Å². The van der Waals surface area contributed by atoms with Crippen LogP contribution in [0.5, 0.6) is 5.75 Å². The van der Waals surface area contributed by atoms with E-state index in [2.05, 4.69) is 14.9 Å². The molecule has 114 valence electrons. The second kappa shape index (κ2) is 7.06. The molecule has 0 bridgehead atoms. The Morgan fingerprint density at radius 2 is 2.19 bits per heavy atom. The third-order valence-corrected chi connectivity index (χ3v) is 4.01. The van der Waals surface area contributed by atoms with Crippen LogP contribution in [0.3, 0.4) is 0 Å². The van der Waals surface area contributed by atoms with Crippen LogP contribution >= 0.6 is 23.4 Å². The van der Waals surface area contributed by atoms with Crippen molar-refractivity contribution in [1.29, 1.82) is 0 Å². The van der Waals surface area contributed by atoms with Gasteiger partial charge in [-0.3, -0.25) is 0 Å². The molecule has 2 N–H and O–H groups in total. The third-order valence-electron chi connectivity index (χ3n) is 2.70. The van der Waals surface area contributed by atoms with Crippen molar-refractivity contribution in [2.24, 2.45) is 12.8 Å². The van der Waals surface area contributed by atoms with E-state index in [4.69, 9.17) is 17.3 Å². The van der Waals surface area contributed by atoms with E-state index in [0.29, 0.717) is 27.3 Å². The number of benzene rings is 1. The topological polar surface area (TPSA) is 66.0 Å². The van der Waals surface area contributed by atoms with E-state index in [1.165, 1.54) is 23.9 Å². The third kappa shape index (κ3) is 4.05. The number of nitrogens with two attached hydrogens (primary N) is 1. The molecule has 0 radical (unpaired) electrons. The first-order valence-corrected chi connectivity index (χ1v) is 7.32. The fourth-order valence-electron chi connectivity index (χ4n) is 1.66. The van der Waals surface area contributed by atoms with Crippen molar-refractivity contribution in [3.8, 4) is 5.75 Å². The molecule has 0 atom stereocenters. The van der Waals surface area contributed by atoms with E-state index in [1.807, 2.05) is 0 Å². The van der Waals surface area contributed by atoms with Gasteiger partial charge in [-0.2, -0.15) is 8.78 Å². The molecule has 0 fully saturated rings. The SMILES string of the molecule is Cn1c(CN)nnc1SCc1cc(Cl)ccc1OC(F)F. The van der Waals surface area contributed by atoms with E-state index in [1.54, 1.807) is 17.7 Å². The summed E-state index contributed by atoms with van der Waals surface area (Å²) in [5, 5.41) is 9.00. The van der Waals surface area contributed by atoms with Crippen molar-refractivity contribution >= 4 is 23.4 Å². The summed E-state index contributed by atoms with van der Waals surface area (Å²) in [6.07, 6.45) is 0. The second-order valence-electron chi connectivity index (χ2n) is 4.08. The number of hydrogen-bond donors (Lipinski definition) is 1. The van der Waals surface area contributed by atoms with Crippen LogP contribution in [0.25, 0.3) is 0 Å². The van der Waals surface area contributed by atoms with Crippen LogP contribution in [0, 0.1) is 0 Å². The van der Waals surface area contributed by atoms with Crippen molar-refractivity contribution in [2.75, 3.05) is 0 Å². The predicted octanol–water partition coefficient (Wildman–Crippen LogP) is 2.82. The van der Waals surface area contributed by atoms with Crippen molar-refractivity contribution in [3.63, 3.8) is 0 Å². The minimum absolute atomic E-state index is 0.100. The first kappa shape index (κ1) is 16.0. The number of alkyl halides is 2. The van der Waals surface area contributed by atoms with E-state index in [9.17, 15) is 8.78 Å². The van der Waals surface area contributed by atoms with Gasteiger partial charge in [0.1, 0.15) is 11.6 Å². The molecule has 21 heavy (non-hydrogen) atoms. The summed E-state index contributed by atoms with van der Waals surface area (Å²) in [6, 6.07) is 4.52. The fraction of sp³-hybridized carbons (Fsp3) is 0.333. The van der Waals surface area contributed by atoms with Gasteiger partial charge in [-0.15, -0.1) is 10.2 Å². The molecule has 9 heteroatoms. The summed E-state index contributed by atoms with van der Waals surface area (Å²) in [6.45, 7) is -2.60. The first-order valence-electron chi connectivity index (χ1n) is 5.95. The van der Waals surface area contributed by atoms with E-state index in [-0.39, 0.29) is 12.3 Å². The quantitative estimate of drug-likeness (QED) is 0.823. The monoisotopic (exact) mass is 334 g/mol. The maximum Gasteiger partial charge on any atom is 0.387 e. The summed E-state index contributed by atoms with van der Waals surface area (Å²) in [5.41, 5.74) is 6.08. The lowest BCUT2D eigenvalue weighted by Gasteiger charge is -2.10. The minimum atomic E-state index is -2.88. The lowest BCUT2D eigenvalue weighted by Crippen LogP contribution is -2.05. The average molecular weight is 335 g/mol. The molecule has 0 saturated heterocycles. The number of thioether (sulfide) groups is 1. The standard InChI is InChI=1S/C12H13ClF2N4OS/c1-19-10(5-16)17-18-12(19)21-6-7-4-8(13)2-3-9(7)20-11(14)15/h2-4,11H,5-6,16H2,1H3. The molecule has 2 aromatic rings. The van der Waals surface area contributed by atoms with E-state index in [0.717, 1.165) is 0 Å². The Balaban J connectivity index is 2.14. The average Bonchev–Trinajstić information content (AvgIpc) is 2.79. The van der Waals surface area contributed by atoms with Gasteiger partial charge in [0.2, 0.25) is 0 Å². The maximum atomic E-state index is 12.4. The number of ether oxygens (including phenoxy) is 1. The molecule has 5 nitrogen and oxygen atoms in total. The number of aromatic nitrogens is 3. The highest BCUT2D eigenvalue weighted by atomic mass is 35.5. The molecule has 1 aromatic carbocycles. The normalized spacial score (nSPS) is 11.1. The van der Waals surface area contributed by atoms with E-state index < -0.39 is 6.61 Å². The van der Waals surface area contributed by atoms with Crippen LogP contribution in [-0.4, -0.2) is 21.4 Å². The zero-order valence-corrected chi connectivity index (χ0v) is 12.7. The van der Waals surface area contributed by atoms with Crippen LogP contribution in [0.2, 0.25) is 5.02 Å². The summed E-state index contributed by atoms with van der Waals surface area (Å²) in [7, 11) is 1.79. The van der Waals surface area contributed by atoms with Gasteiger partial charge in [0.05, 0.1) is 6.54 Å². The maximum absolute atomic E-state index is 12.4. The summed E-state index contributed by atoms with van der Waals surface area (Å²) in [5.74, 6) is 1.12.